The predicted octanol–water partition coefficient (Wildman–Crippen LogP) is 1.10. The van der Waals surface area contributed by atoms with Gasteiger partial charge in [-0.25, -0.2) is 0 Å². The summed E-state index contributed by atoms with van der Waals surface area (Å²) in [5.74, 6) is -1.14. The molecule has 1 aromatic rings. The van der Waals surface area contributed by atoms with Gasteiger partial charge in [-0.05, 0) is 26.3 Å². The second-order valence-electron chi connectivity index (χ2n) is 4.47. The fourth-order valence-corrected chi connectivity index (χ4v) is 1.78. The summed E-state index contributed by atoms with van der Waals surface area (Å²) >= 11 is 0. The fourth-order valence-electron chi connectivity index (χ4n) is 1.78. The smallest absolute Gasteiger partial charge is 0.323 e. The average Bonchev–Trinajstić information content (AvgIpc) is 2.75. The Morgan fingerprint density at radius 3 is 2.16 bits per heavy atom. The first-order valence-corrected chi connectivity index (χ1v) is 6.26. The van der Waals surface area contributed by atoms with Crippen molar-refractivity contribution in [2.75, 3.05) is 13.2 Å². The largest absolute Gasteiger partial charge is 0.465 e. The van der Waals surface area contributed by atoms with E-state index in [9.17, 15) is 9.59 Å². The van der Waals surface area contributed by atoms with Crippen LogP contribution in [0, 0.1) is 5.41 Å². The molecule has 106 valence electrons. The molecule has 0 N–H and O–H groups in total. The molecule has 0 amide bonds. The lowest BCUT2D eigenvalue weighted by Gasteiger charge is -2.24. The second kappa shape index (κ2) is 6.36. The van der Waals surface area contributed by atoms with Crippen LogP contribution >= 0.6 is 0 Å². The van der Waals surface area contributed by atoms with Crippen molar-refractivity contribution in [1.29, 1.82) is 0 Å². The SMILES string of the molecule is CCOC(=O)C(C)(Cc1cnn(C)c1)C(=O)OCC. The minimum Gasteiger partial charge on any atom is -0.465 e. The van der Waals surface area contributed by atoms with Gasteiger partial charge < -0.3 is 9.47 Å². The number of nitrogens with zero attached hydrogens (tertiary/aromatic N) is 2. The van der Waals surface area contributed by atoms with Crippen LogP contribution in [-0.2, 0) is 32.5 Å². The molecule has 6 nitrogen and oxygen atoms in total. The van der Waals surface area contributed by atoms with Crippen molar-refractivity contribution < 1.29 is 19.1 Å². The van der Waals surface area contributed by atoms with E-state index in [1.165, 1.54) is 6.92 Å². The lowest BCUT2D eigenvalue weighted by Crippen LogP contribution is -2.41. The number of ether oxygens (including phenoxy) is 2. The number of esters is 2. The summed E-state index contributed by atoms with van der Waals surface area (Å²) in [5.41, 5.74) is -0.555. The topological polar surface area (TPSA) is 70.4 Å². The normalized spacial score (nSPS) is 11.2. The van der Waals surface area contributed by atoms with Gasteiger partial charge >= 0.3 is 11.9 Å². The molecule has 0 aliphatic rings. The molecule has 0 saturated carbocycles. The molecule has 0 unspecified atom stereocenters. The van der Waals surface area contributed by atoms with Crippen LogP contribution in [0.5, 0.6) is 0 Å². The first kappa shape index (κ1) is 15.2. The van der Waals surface area contributed by atoms with Crippen LogP contribution in [0.3, 0.4) is 0 Å². The van der Waals surface area contributed by atoms with Gasteiger partial charge in [0.1, 0.15) is 0 Å². The molecule has 0 bridgehead atoms. The summed E-state index contributed by atoms with van der Waals surface area (Å²) in [6, 6.07) is 0. The molecule has 0 saturated heterocycles. The van der Waals surface area contributed by atoms with E-state index >= 15 is 0 Å². The van der Waals surface area contributed by atoms with Gasteiger partial charge in [-0.1, -0.05) is 0 Å². The number of carbonyl (C=O) groups excluding carboxylic acids is 2. The average molecular weight is 268 g/mol. The molecule has 0 aliphatic heterocycles. The highest BCUT2D eigenvalue weighted by Crippen LogP contribution is 2.26. The Hall–Kier alpha value is -1.85. The number of rotatable bonds is 6. The summed E-state index contributed by atoms with van der Waals surface area (Å²) < 4.78 is 11.6. The number of carbonyl (C=O) groups is 2. The van der Waals surface area contributed by atoms with Gasteiger partial charge in [-0.15, -0.1) is 0 Å². The van der Waals surface area contributed by atoms with Crippen LogP contribution in [0.25, 0.3) is 0 Å². The molecule has 0 aromatic carbocycles. The Labute approximate surface area is 112 Å². The predicted molar refractivity (Wildman–Crippen MR) is 68.3 cm³/mol. The van der Waals surface area contributed by atoms with Gasteiger partial charge in [-0.2, -0.15) is 5.10 Å². The third-order valence-corrected chi connectivity index (χ3v) is 2.77. The van der Waals surface area contributed by atoms with Gasteiger partial charge in [0.25, 0.3) is 0 Å². The summed E-state index contributed by atoms with van der Waals surface area (Å²) in [7, 11) is 1.77. The maximum Gasteiger partial charge on any atom is 0.323 e. The Kier molecular flexibility index (Phi) is 5.09. The van der Waals surface area contributed by atoms with E-state index in [2.05, 4.69) is 5.10 Å². The Morgan fingerprint density at radius 1 is 1.26 bits per heavy atom. The quantitative estimate of drug-likeness (QED) is 0.570. The standard InChI is InChI=1S/C13H20N2O4/c1-5-18-11(16)13(3,12(17)19-6-2)7-10-8-14-15(4)9-10/h8-9H,5-7H2,1-4H3. The third kappa shape index (κ3) is 3.56. The maximum atomic E-state index is 12.0. The van der Waals surface area contributed by atoms with Crippen molar-refractivity contribution >= 4 is 11.9 Å². The molecule has 1 rings (SSSR count). The van der Waals surface area contributed by atoms with Crippen molar-refractivity contribution in [3.05, 3.63) is 18.0 Å². The van der Waals surface area contributed by atoms with E-state index in [1.54, 1.807) is 38.0 Å². The van der Waals surface area contributed by atoms with Crippen molar-refractivity contribution in [2.45, 2.75) is 27.2 Å². The number of hydrogen-bond acceptors (Lipinski definition) is 5. The molecular formula is C13H20N2O4. The zero-order valence-electron chi connectivity index (χ0n) is 11.8. The third-order valence-electron chi connectivity index (χ3n) is 2.77. The highest BCUT2D eigenvalue weighted by molar-refractivity contribution is 5.99. The molecule has 0 atom stereocenters. The van der Waals surface area contributed by atoms with Crippen molar-refractivity contribution in [3.8, 4) is 0 Å². The Bertz CT molecular complexity index is 435. The fraction of sp³-hybridized carbons (Fsp3) is 0.615. The lowest BCUT2D eigenvalue weighted by molar-refractivity contribution is -0.170. The molecule has 0 fully saturated rings. The first-order chi connectivity index (χ1) is 8.93. The van der Waals surface area contributed by atoms with Gasteiger partial charge in [0, 0.05) is 19.7 Å². The van der Waals surface area contributed by atoms with Crippen LogP contribution in [0.15, 0.2) is 12.4 Å². The summed E-state index contributed by atoms with van der Waals surface area (Å²) in [6.07, 6.45) is 3.59. The van der Waals surface area contributed by atoms with E-state index in [0.717, 1.165) is 5.56 Å². The molecule has 0 spiro atoms. The zero-order valence-corrected chi connectivity index (χ0v) is 11.8. The van der Waals surface area contributed by atoms with E-state index in [-0.39, 0.29) is 19.6 Å². The number of aromatic nitrogens is 2. The van der Waals surface area contributed by atoms with Crippen LogP contribution in [0.2, 0.25) is 0 Å². The van der Waals surface area contributed by atoms with Crippen molar-refractivity contribution in [3.63, 3.8) is 0 Å². The molecule has 0 aliphatic carbocycles. The van der Waals surface area contributed by atoms with Crippen molar-refractivity contribution in [1.82, 2.24) is 9.78 Å². The molecule has 1 aromatic heterocycles. The van der Waals surface area contributed by atoms with Crippen LogP contribution in [0.4, 0.5) is 0 Å². The molecule has 1 heterocycles. The zero-order chi connectivity index (χ0) is 14.5. The summed E-state index contributed by atoms with van der Waals surface area (Å²) in [6.45, 7) is 5.39. The van der Waals surface area contributed by atoms with Crippen molar-refractivity contribution in [2.24, 2.45) is 12.5 Å². The van der Waals surface area contributed by atoms with E-state index < -0.39 is 17.4 Å². The Balaban J connectivity index is 2.97. The summed E-state index contributed by atoms with van der Waals surface area (Å²) in [4.78, 5) is 24.1. The number of hydrogen-bond donors (Lipinski definition) is 0. The van der Waals surface area contributed by atoms with Crippen LogP contribution in [0.1, 0.15) is 26.3 Å². The minimum atomic E-state index is -1.34. The Morgan fingerprint density at radius 2 is 1.79 bits per heavy atom. The molecular weight excluding hydrogens is 248 g/mol. The highest BCUT2D eigenvalue weighted by Gasteiger charge is 2.44. The van der Waals surface area contributed by atoms with Gasteiger partial charge in [0.05, 0.1) is 19.4 Å². The number of aryl methyl sites for hydroxylation is 1. The molecule has 0 radical (unpaired) electrons. The molecule has 19 heavy (non-hydrogen) atoms. The highest BCUT2D eigenvalue weighted by atomic mass is 16.6. The maximum absolute atomic E-state index is 12.0. The van der Waals surface area contributed by atoms with Crippen LogP contribution < -0.4 is 0 Å². The van der Waals surface area contributed by atoms with Gasteiger partial charge in [-0.3, -0.25) is 14.3 Å². The van der Waals surface area contributed by atoms with Crippen LogP contribution in [-0.4, -0.2) is 34.9 Å². The molecule has 6 heteroatoms. The minimum absolute atomic E-state index is 0.207. The van der Waals surface area contributed by atoms with E-state index in [0.29, 0.717) is 0 Å². The van der Waals surface area contributed by atoms with E-state index in [1.807, 2.05) is 0 Å². The van der Waals surface area contributed by atoms with Gasteiger partial charge in [0.2, 0.25) is 0 Å². The summed E-state index contributed by atoms with van der Waals surface area (Å²) in [5, 5.41) is 4.02. The first-order valence-electron chi connectivity index (χ1n) is 6.26. The lowest BCUT2D eigenvalue weighted by atomic mass is 9.84. The monoisotopic (exact) mass is 268 g/mol. The second-order valence-corrected chi connectivity index (χ2v) is 4.47. The van der Waals surface area contributed by atoms with Gasteiger partial charge in [0.15, 0.2) is 5.41 Å². The van der Waals surface area contributed by atoms with E-state index in [4.69, 9.17) is 9.47 Å².